The molecule has 0 heterocycles. The van der Waals surface area contributed by atoms with Crippen LogP contribution in [0.1, 0.15) is 104 Å². The van der Waals surface area contributed by atoms with Crippen LogP contribution in [0.25, 0.3) is 0 Å². The minimum atomic E-state index is -0.136. The van der Waals surface area contributed by atoms with Crippen molar-refractivity contribution in [1.29, 1.82) is 5.26 Å². The molecule has 2 aliphatic carbocycles. The van der Waals surface area contributed by atoms with Gasteiger partial charge in [-0.2, -0.15) is 5.26 Å². The van der Waals surface area contributed by atoms with Crippen LogP contribution in [0.2, 0.25) is 0 Å². The second-order valence-corrected chi connectivity index (χ2v) is 8.57. The van der Waals surface area contributed by atoms with E-state index in [2.05, 4.69) is 32.1 Å². The average Bonchev–Trinajstić information content (AvgIpc) is 2.63. The number of hydrogen-bond acceptors (Lipinski definition) is 1. The lowest BCUT2D eigenvalue weighted by atomic mass is 9.64. The van der Waals surface area contributed by atoms with E-state index in [0.717, 1.165) is 37.0 Å². The molecule has 0 aromatic rings. The summed E-state index contributed by atoms with van der Waals surface area (Å²) in [6.45, 7) is 4.51. The standard InChI is InChI=1S/C23H39N/c1-3-5-7-9-20-10-12-21(13-11-20)22-14-17-23(19-24,18-15-22)16-8-6-4-2/h8,16,20-22H,3-7,9-15,17-18H2,1-2H3. The van der Waals surface area contributed by atoms with Gasteiger partial charge in [-0.3, -0.25) is 0 Å². The van der Waals surface area contributed by atoms with Gasteiger partial charge in [0, 0.05) is 0 Å². The highest BCUT2D eigenvalue weighted by atomic mass is 14.4. The van der Waals surface area contributed by atoms with Crippen LogP contribution < -0.4 is 0 Å². The number of hydrogen-bond donors (Lipinski definition) is 0. The predicted molar refractivity (Wildman–Crippen MR) is 104 cm³/mol. The van der Waals surface area contributed by atoms with Crippen LogP contribution in [-0.4, -0.2) is 0 Å². The van der Waals surface area contributed by atoms with Crippen LogP contribution >= 0.6 is 0 Å². The summed E-state index contributed by atoms with van der Waals surface area (Å²) in [5.41, 5.74) is -0.136. The molecule has 0 saturated heterocycles. The molecule has 2 saturated carbocycles. The van der Waals surface area contributed by atoms with Gasteiger partial charge in [0.15, 0.2) is 0 Å². The molecule has 0 amide bonds. The monoisotopic (exact) mass is 329 g/mol. The summed E-state index contributed by atoms with van der Waals surface area (Å²) in [4.78, 5) is 0. The van der Waals surface area contributed by atoms with Crippen molar-refractivity contribution < 1.29 is 0 Å². The van der Waals surface area contributed by atoms with Crippen molar-refractivity contribution in [1.82, 2.24) is 0 Å². The van der Waals surface area contributed by atoms with Crippen molar-refractivity contribution in [2.75, 3.05) is 0 Å². The van der Waals surface area contributed by atoms with Crippen molar-refractivity contribution in [3.05, 3.63) is 12.2 Å². The van der Waals surface area contributed by atoms with Crippen LogP contribution in [0.3, 0.4) is 0 Å². The number of rotatable bonds is 8. The Labute approximate surface area is 150 Å². The molecule has 1 nitrogen and oxygen atoms in total. The van der Waals surface area contributed by atoms with Gasteiger partial charge in [-0.15, -0.1) is 0 Å². The lowest BCUT2D eigenvalue weighted by Gasteiger charge is -2.39. The van der Waals surface area contributed by atoms with Gasteiger partial charge >= 0.3 is 0 Å². The fraction of sp³-hybridized carbons (Fsp3) is 0.870. The maximum Gasteiger partial charge on any atom is 0.0753 e. The number of nitriles is 1. The molecular formula is C23H39N. The molecule has 0 unspecified atom stereocenters. The minimum Gasteiger partial charge on any atom is -0.197 e. The van der Waals surface area contributed by atoms with Crippen molar-refractivity contribution >= 4 is 0 Å². The first kappa shape index (κ1) is 19.6. The third kappa shape index (κ3) is 5.65. The zero-order valence-corrected chi connectivity index (χ0v) is 16.2. The van der Waals surface area contributed by atoms with E-state index >= 15 is 0 Å². The molecule has 1 heteroatoms. The van der Waals surface area contributed by atoms with Crippen molar-refractivity contribution in [2.45, 2.75) is 104 Å². The predicted octanol–water partition coefficient (Wildman–Crippen LogP) is 7.43. The first-order valence-corrected chi connectivity index (χ1v) is 10.8. The molecule has 24 heavy (non-hydrogen) atoms. The minimum absolute atomic E-state index is 0.136. The second-order valence-electron chi connectivity index (χ2n) is 8.57. The highest BCUT2D eigenvalue weighted by molar-refractivity contribution is 5.14. The van der Waals surface area contributed by atoms with E-state index in [1.54, 1.807) is 0 Å². The summed E-state index contributed by atoms with van der Waals surface area (Å²) in [5, 5.41) is 9.67. The highest BCUT2D eigenvalue weighted by Gasteiger charge is 2.37. The van der Waals surface area contributed by atoms with Crippen LogP contribution in [0.15, 0.2) is 12.2 Å². The average molecular weight is 330 g/mol. The summed E-state index contributed by atoms with van der Waals surface area (Å²) < 4.78 is 0. The van der Waals surface area contributed by atoms with Crippen LogP contribution in [0.4, 0.5) is 0 Å². The van der Waals surface area contributed by atoms with Gasteiger partial charge in [0.05, 0.1) is 11.5 Å². The first-order valence-electron chi connectivity index (χ1n) is 10.8. The maximum atomic E-state index is 9.67. The van der Waals surface area contributed by atoms with E-state index < -0.39 is 0 Å². The second kappa shape index (κ2) is 10.3. The van der Waals surface area contributed by atoms with Crippen LogP contribution in [-0.2, 0) is 0 Å². The summed E-state index contributed by atoms with van der Waals surface area (Å²) >= 11 is 0. The van der Waals surface area contributed by atoms with E-state index in [4.69, 9.17) is 0 Å². The Balaban J connectivity index is 1.74. The zero-order chi connectivity index (χ0) is 17.3. The molecule has 0 atom stereocenters. The fourth-order valence-electron chi connectivity index (χ4n) is 5.05. The fourth-order valence-corrected chi connectivity index (χ4v) is 5.05. The molecule has 0 radical (unpaired) electrons. The van der Waals surface area contributed by atoms with Crippen LogP contribution in [0, 0.1) is 34.5 Å². The lowest BCUT2D eigenvalue weighted by Crippen LogP contribution is -2.30. The lowest BCUT2D eigenvalue weighted by molar-refractivity contribution is 0.136. The third-order valence-electron chi connectivity index (χ3n) is 6.81. The molecule has 2 aliphatic rings. The summed E-state index contributed by atoms with van der Waals surface area (Å²) in [7, 11) is 0. The molecule has 0 spiro atoms. The molecule has 0 aliphatic heterocycles. The van der Waals surface area contributed by atoms with E-state index in [-0.39, 0.29) is 5.41 Å². The molecule has 0 aromatic carbocycles. The van der Waals surface area contributed by atoms with Crippen LogP contribution in [0.5, 0.6) is 0 Å². The van der Waals surface area contributed by atoms with Gasteiger partial charge < -0.3 is 0 Å². The number of nitrogens with zero attached hydrogens (tertiary/aromatic N) is 1. The summed E-state index contributed by atoms with van der Waals surface area (Å²) in [6, 6.07) is 2.65. The molecule has 136 valence electrons. The molecule has 0 aromatic heterocycles. The Morgan fingerprint density at radius 3 is 2.17 bits per heavy atom. The highest BCUT2D eigenvalue weighted by Crippen LogP contribution is 2.46. The SMILES string of the molecule is CCCC=CC1(C#N)CCC(C2CCC(CCCCC)CC2)CC1. The van der Waals surface area contributed by atoms with Gasteiger partial charge in [0.25, 0.3) is 0 Å². The van der Waals surface area contributed by atoms with Gasteiger partial charge in [-0.25, -0.2) is 0 Å². The van der Waals surface area contributed by atoms with Crippen molar-refractivity contribution in [2.24, 2.45) is 23.2 Å². The van der Waals surface area contributed by atoms with E-state index in [1.165, 1.54) is 70.6 Å². The molecular weight excluding hydrogens is 290 g/mol. The molecule has 2 rings (SSSR count). The van der Waals surface area contributed by atoms with E-state index in [0.29, 0.717) is 0 Å². The topological polar surface area (TPSA) is 23.8 Å². The van der Waals surface area contributed by atoms with E-state index in [1.807, 2.05) is 0 Å². The summed E-state index contributed by atoms with van der Waals surface area (Å²) in [6.07, 6.45) is 23.2. The Hall–Kier alpha value is -0.770. The first-order chi connectivity index (χ1) is 11.7. The van der Waals surface area contributed by atoms with Gasteiger partial charge in [0.1, 0.15) is 0 Å². The quantitative estimate of drug-likeness (QED) is 0.335. The molecule has 0 N–H and O–H groups in total. The Morgan fingerprint density at radius 1 is 0.917 bits per heavy atom. The Morgan fingerprint density at radius 2 is 1.58 bits per heavy atom. The Bertz CT molecular complexity index is 400. The largest absolute Gasteiger partial charge is 0.197 e. The zero-order valence-electron chi connectivity index (χ0n) is 16.2. The maximum absolute atomic E-state index is 9.67. The van der Waals surface area contributed by atoms with Gasteiger partial charge in [-0.1, -0.05) is 70.9 Å². The Kier molecular flexibility index (Phi) is 8.37. The van der Waals surface area contributed by atoms with Gasteiger partial charge in [0.2, 0.25) is 0 Å². The summed E-state index contributed by atoms with van der Waals surface area (Å²) in [5.74, 6) is 2.89. The molecule has 0 bridgehead atoms. The van der Waals surface area contributed by atoms with Crippen molar-refractivity contribution in [3.63, 3.8) is 0 Å². The van der Waals surface area contributed by atoms with Gasteiger partial charge in [-0.05, 0) is 62.7 Å². The number of allylic oxidation sites excluding steroid dienone is 2. The molecule has 2 fully saturated rings. The third-order valence-corrected chi connectivity index (χ3v) is 6.81. The van der Waals surface area contributed by atoms with E-state index in [9.17, 15) is 5.26 Å². The number of unbranched alkanes of at least 4 members (excludes halogenated alkanes) is 3. The van der Waals surface area contributed by atoms with Crippen molar-refractivity contribution in [3.8, 4) is 6.07 Å². The smallest absolute Gasteiger partial charge is 0.0753 e. The normalized spacial score (nSPS) is 34.3.